The van der Waals surface area contributed by atoms with Crippen molar-refractivity contribution >= 4 is 23.6 Å². The number of hydrogen-bond acceptors (Lipinski definition) is 3. The van der Waals surface area contributed by atoms with Crippen LogP contribution in [0.3, 0.4) is 0 Å². The van der Waals surface area contributed by atoms with E-state index in [-0.39, 0.29) is 5.91 Å². The summed E-state index contributed by atoms with van der Waals surface area (Å²) in [7, 11) is 0. The lowest BCUT2D eigenvalue weighted by Crippen LogP contribution is -2.41. The third-order valence-electron chi connectivity index (χ3n) is 3.13. The normalized spacial score (nSPS) is 11.9. The minimum atomic E-state index is -0.969. The largest absolute Gasteiger partial charge is 0.480 e. The lowest BCUT2D eigenvalue weighted by molar-refractivity contribution is -0.141. The fraction of sp³-hybridized carbons (Fsp3) is 0.467. The van der Waals surface area contributed by atoms with Crippen LogP contribution < -0.4 is 5.32 Å². The number of nitrogens with one attached hydrogen (secondary N) is 1. The molecule has 0 aliphatic rings. The van der Waals surface area contributed by atoms with Crippen molar-refractivity contribution in [1.82, 2.24) is 5.32 Å². The van der Waals surface area contributed by atoms with Gasteiger partial charge in [0.25, 0.3) is 0 Å². The Hall–Kier alpha value is -1.49. The van der Waals surface area contributed by atoms with Gasteiger partial charge >= 0.3 is 5.97 Å². The third-order valence-corrected chi connectivity index (χ3v) is 3.77. The first-order valence-electron chi connectivity index (χ1n) is 6.60. The number of carbonyl (C=O) groups excluding carboxylic acids is 1. The fourth-order valence-electron chi connectivity index (χ4n) is 1.90. The van der Waals surface area contributed by atoms with Crippen LogP contribution in [0.4, 0.5) is 0 Å². The second-order valence-corrected chi connectivity index (χ2v) is 5.65. The minimum absolute atomic E-state index is 0.207. The lowest BCUT2D eigenvalue weighted by Gasteiger charge is -2.14. The Kier molecular flexibility index (Phi) is 7.15. The average Bonchev–Trinajstić information content (AvgIpc) is 2.42. The van der Waals surface area contributed by atoms with Crippen LogP contribution in [-0.2, 0) is 16.0 Å². The molecule has 0 saturated carbocycles. The lowest BCUT2D eigenvalue weighted by atomic mass is 10.0. The van der Waals surface area contributed by atoms with E-state index < -0.39 is 12.0 Å². The molecule has 1 amide bonds. The van der Waals surface area contributed by atoms with Crippen molar-refractivity contribution in [2.24, 2.45) is 0 Å². The standard InChI is InChI=1S/C15H21NO3S/c1-11-5-3-4-6-12(11)7-8-14(17)16-13(15(18)19)9-10-20-2/h3-6,13H,7-10H2,1-2H3,(H,16,17)(H,18,19)/t13-/m0/s1. The van der Waals surface area contributed by atoms with Crippen molar-refractivity contribution in [1.29, 1.82) is 0 Å². The number of carbonyl (C=O) groups is 2. The summed E-state index contributed by atoms with van der Waals surface area (Å²) in [5.41, 5.74) is 2.27. The van der Waals surface area contributed by atoms with E-state index in [0.717, 1.165) is 16.9 Å². The van der Waals surface area contributed by atoms with Crippen molar-refractivity contribution in [3.05, 3.63) is 35.4 Å². The Morgan fingerprint density at radius 3 is 2.65 bits per heavy atom. The van der Waals surface area contributed by atoms with Crippen molar-refractivity contribution in [2.75, 3.05) is 12.0 Å². The summed E-state index contributed by atoms with van der Waals surface area (Å²) in [6.45, 7) is 2.01. The summed E-state index contributed by atoms with van der Waals surface area (Å²) in [5, 5.41) is 11.6. The molecule has 0 aromatic heterocycles. The number of rotatable bonds is 8. The highest BCUT2D eigenvalue weighted by atomic mass is 32.2. The van der Waals surface area contributed by atoms with Gasteiger partial charge in [-0.25, -0.2) is 4.79 Å². The second-order valence-electron chi connectivity index (χ2n) is 4.67. The second kappa shape index (κ2) is 8.64. The molecule has 20 heavy (non-hydrogen) atoms. The molecule has 4 nitrogen and oxygen atoms in total. The van der Waals surface area contributed by atoms with E-state index in [2.05, 4.69) is 5.32 Å². The van der Waals surface area contributed by atoms with Crippen LogP contribution in [0.1, 0.15) is 24.0 Å². The number of thioether (sulfide) groups is 1. The van der Waals surface area contributed by atoms with Crippen molar-refractivity contribution in [2.45, 2.75) is 32.2 Å². The zero-order chi connectivity index (χ0) is 15.0. The Labute approximate surface area is 124 Å². The van der Waals surface area contributed by atoms with Gasteiger partial charge in [0.1, 0.15) is 6.04 Å². The molecule has 1 atom stereocenters. The molecule has 1 rings (SSSR count). The summed E-state index contributed by atoms with van der Waals surface area (Å²) >= 11 is 1.57. The van der Waals surface area contributed by atoms with Crippen LogP contribution in [0.15, 0.2) is 24.3 Å². The summed E-state index contributed by atoms with van der Waals surface area (Å²) in [5.74, 6) is -0.459. The molecule has 0 saturated heterocycles. The molecule has 0 aliphatic heterocycles. The maximum atomic E-state index is 11.8. The smallest absolute Gasteiger partial charge is 0.326 e. The Morgan fingerprint density at radius 2 is 2.05 bits per heavy atom. The molecule has 0 unspecified atom stereocenters. The first-order valence-corrected chi connectivity index (χ1v) is 7.99. The van der Waals surface area contributed by atoms with Gasteiger partial charge in [0, 0.05) is 6.42 Å². The number of carboxylic acid groups (broad SMARTS) is 1. The molecule has 1 aromatic carbocycles. The third kappa shape index (κ3) is 5.65. The number of aryl methyl sites for hydroxylation is 2. The Bertz CT molecular complexity index is 462. The van der Waals surface area contributed by atoms with E-state index in [1.165, 1.54) is 0 Å². The average molecular weight is 295 g/mol. The van der Waals surface area contributed by atoms with Crippen LogP contribution in [0.5, 0.6) is 0 Å². The molecule has 2 N–H and O–H groups in total. The molecule has 1 aromatic rings. The van der Waals surface area contributed by atoms with Gasteiger partial charge in [-0.1, -0.05) is 24.3 Å². The zero-order valence-corrected chi connectivity index (χ0v) is 12.7. The summed E-state index contributed by atoms with van der Waals surface area (Å²) < 4.78 is 0. The molecule has 0 radical (unpaired) electrons. The fourth-order valence-corrected chi connectivity index (χ4v) is 2.37. The van der Waals surface area contributed by atoms with Crippen LogP contribution >= 0.6 is 11.8 Å². The molecule has 110 valence electrons. The van der Waals surface area contributed by atoms with Crippen LogP contribution in [0.25, 0.3) is 0 Å². The van der Waals surface area contributed by atoms with Gasteiger partial charge in [0.05, 0.1) is 0 Å². The van der Waals surface area contributed by atoms with Gasteiger partial charge in [-0.05, 0) is 42.9 Å². The number of benzene rings is 1. The van der Waals surface area contributed by atoms with Gasteiger partial charge in [-0.15, -0.1) is 0 Å². The number of aliphatic carboxylic acids is 1. The minimum Gasteiger partial charge on any atom is -0.480 e. The van der Waals surface area contributed by atoms with E-state index in [1.54, 1.807) is 11.8 Å². The first-order chi connectivity index (χ1) is 9.54. The predicted octanol–water partition coefficient (Wildman–Crippen LogP) is 2.25. The van der Waals surface area contributed by atoms with Crippen molar-refractivity contribution in [3.8, 4) is 0 Å². The van der Waals surface area contributed by atoms with Crippen molar-refractivity contribution < 1.29 is 14.7 Å². The summed E-state index contributed by atoms with van der Waals surface area (Å²) in [6.07, 6.45) is 3.31. The van der Waals surface area contributed by atoms with E-state index >= 15 is 0 Å². The maximum absolute atomic E-state index is 11.8. The van der Waals surface area contributed by atoms with Gasteiger partial charge in [0.15, 0.2) is 0 Å². The SMILES string of the molecule is CSCC[C@H](NC(=O)CCc1ccccc1C)C(=O)O. The first kappa shape index (κ1) is 16.6. The Morgan fingerprint density at radius 1 is 1.35 bits per heavy atom. The molecular formula is C15H21NO3S. The van der Waals surface area contributed by atoms with Gasteiger partial charge < -0.3 is 10.4 Å². The molecule has 0 aliphatic carbocycles. The molecule has 0 bridgehead atoms. The van der Waals surface area contributed by atoms with Crippen molar-refractivity contribution in [3.63, 3.8) is 0 Å². The summed E-state index contributed by atoms with van der Waals surface area (Å²) in [4.78, 5) is 22.9. The molecular weight excluding hydrogens is 274 g/mol. The van der Waals surface area contributed by atoms with E-state index in [1.807, 2.05) is 37.4 Å². The highest BCUT2D eigenvalue weighted by Crippen LogP contribution is 2.09. The van der Waals surface area contributed by atoms with Crippen LogP contribution in [0.2, 0.25) is 0 Å². The number of hydrogen-bond donors (Lipinski definition) is 2. The highest BCUT2D eigenvalue weighted by molar-refractivity contribution is 7.98. The van der Waals surface area contributed by atoms with Gasteiger partial charge in [0.2, 0.25) is 5.91 Å². The molecule has 0 fully saturated rings. The zero-order valence-electron chi connectivity index (χ0n) is 11.9. The predicted molar refractivity (Wildman–Crippen MR) is 82.1 cm³/mol. The molecule has 0 spiro atoms. The Balaban J connectivity index is 2.46. The van der Waals surface area contributed by atoms with E-state index in [0.29, 0.717) is 19.3 Å². The molecule has 5 heteroatoms. The molecule has 0 heterocycles. The number of carboxylic acids is 1. The summed E-state index contributed by atoms with van der Waals surface area (Å²) in [6, 6.07) is 7.11. The van der Waals surface area contributed by atoms with E-state index in [4.69, 9.17) is 5.11 Å². The topological polar surface area (TPSA) is 66.4 Å². The highest BCUT2D eigenvalue weighted by Gasteiger charge is 2.19. The van der Waals surface area contributed by atoms with Gasteiger partial charge in [-0.3, -0.25) is 4.79 Å². The maximum Gasteiger partial charge on any atom is 0.326 e. The quantitative estimate of drug-likeness (QED) is 0.772. The van der Waals surface area contributed by atoms with Crippen LogP contribution in [-0.4, -0.2) is 35.0 Å². The monoisotopic (exact) mass is 295 g/mol. The van der Waals surface area contributed by atoms with Crippen LogP contribution in [0, 0.1) is 6.92 Å². The van der Waals surface area contributed by atoms with E-state index in [9.17, 15) is 9.59 Å². The van der Waals surface area contributed by atoms with Gasteiger partial charge in [-0.2, -0.15) is 11.8 Å². The number of amides is 1.